The number of hydrogen-bond donors (Lipinski definition) is 1. The van der Waals surface area contributed by atoms with Crippen molar-refractivity contribution in [3.63, 3.8) is 0 Å². The normalized spacial score (nSPS) is 13.4. The van der Waals surface area contributed by atoms with Crippen LogP contribution in [0.25, 0.3) is 0 Å². The van der Waals surface area contributed by atoms with E-state index in [1.165, 1.54) is 37.8 Å². The van der Waals surface area contributed by atoms with E-state index in [1.54, 1.807) is 0 Å². The van der Waals surface area contributed by atoms with Crippen molar-refractivity contribution in [3.8, 4) is 0 Å². The molecule has 0 aromatic heterocycles. The third-order valence-corrected chi connectivity index (χ3v) is 4.93. The van der Waals surface area contributed by atoms with E-state index in [4.69, 9.17) is 9.47 Å². The first kappa shape index (κ1) is 26.0. The molecule has 0 aliphatic heterocycles. The fourth-order valence-corrected chi connectivity index (χ4v) is 3.67. The molecule has 0 aliphatic rings. The lowest BCUT2D eigenvalue weighted by molar-refractivity contribution is -0.407. The second kappa shape index (κ2) is 13.3. The van der Waals surface area contributed by atoms with Gasteiger partial charge in [-0.25, -0.2) is 8.78 Å². The summed E-state index contributed by atoms with van der Waals surface area (Å²) < 4.78 is 38.7. The lowest BCUT2D eigenvalue weighted by Crippen LogP contribution is -2.47. The number of halogens is 2. The number of hydrogen-bond acceptors (Lipinski definition) is 3. The SMILES string of the molecule is CCCCCCCCC(CCc1cc(F)cc(F)c1)C(O)(OC(C)C)OC(C)C. The summed E-state index contributed by atoms with van der Waals surface area (Å²) in [7, 11) is 0. The third kappa shape index (κ3) is 10.5. The molecule has 0 saturated carbocycles. The van der Waals surface area contributed by atoms with Gasteiger partial charge in [-0.05, 0) is 64.7 Å². The van der Waals surface area contributed by atoms with Crippen molar-refractivity contribution in [1.29, 1.82) is 0 Å². The number of aryl methyl sites for hydroxylation is 1. The highest BCUT2D eigenvalue weighted by atomic mass is 19.1. The molecule has 0 fully saturated rings. The molecule has 0 radical (unpaired) electrons. The van der Waals surface area contributed by atoms with Crippen molar-refractivity contribution < 1.29 is 23.4 Å². The smallest absolute Gasteiger partial charge is 0.283 e. The molecular formula is C24H40F2O3. The van der Waals surface area contributed by atoms with E-state index in [-0.39, 0.29) is 18.1 Å². The predicted molar refractivity (Wildman–Crippen MR) is 114 cm³/mol. The van der Waals surface area contributed by atoms with Gasteiger partial charge in [-0.2, -0.15) is 0 Å². The number of aliphatic hydroxyl groups is 1. The van der Waals surface area contributed by atoms with Crippen LogP contribution in [0.15, 0.2) is 18.2 Å². The Balaban J connectivity index is 2.86. The topological polar surface area (TPSA) is 38.7 Å². The van der Waals surface area contributed by atoms with E-state index < -0.39 is 17.6 Å². The Morgan fingerprint density at radius 1 is 0.828 bits per heavy atom. The van der Waals surface area contributed by atoms with E-state index in [2.05, 4.69) is 6.92 Å². The van der Waals surface area contributed by atoms with Gasteiger partial charge in [0.25, 0.3) is 5.97 Å². The molecule has 0 heterocycles. The third-order valence-electron chi connectivity index (χ3n) is 4.93. The van der Waals surface area contributed by atoms with Gasteiger partial charge in [0.1, 0.15) is 11.6 Å². The van der Waals surface area contributed by atoms with Gasteiger partial charge in [0, 0.05) is 12.0 Å². The van der Waals surface area contributed by atoms with Gasteiger partial charge in [-0.1, -0.05) is 45.4 Å². The second-order valence-corrected chi connectivity index (χ2v) is 8.53. The number of rotatable bonds is 15. The summed E-state index contributed by atoms with van der Waals surface area (Å²) in [6.07, 6.45) is 8.16. The minimum atomic E-state index is -1.71. The molecule has 1 atom stereocenters. The van der Waals surface area contributed by atoms with Gasteiger partial charge >= 0.3 is 0 Å². The van der Waals surface area contributed by atoms with Crippen LogP contribution in [-0.4, -0.2) is 23.3 Å². The van der Waals surface area contributed by atoms with Crippen molar-refractivity contribution in [2.75, 3.05) is 0 Å². The molecule has 0 amide bonds. The predicted octanol–water partition coefficient (Wildman–Crippen LogP) is 6.76. The summed E-state index contributed by atoms with van der Waals surface area (Å²) in [6, 6.07) is 3.56. The first-order valence-corrected chi connectivity index (χ1v) is 11.2. The molecule has 1 unspecified atom stereocenters. The highest BCUT2D eigenvalue weighted by Crippen LogP contribution is 2.33. The van der Waals surface area contributed by atoms with E-state index in [0.717, 1.165) is 25.3 Å². The van der Waals surface area contributed by atoms with E-state index in [1.807, 2.05) is 27.7 Å². The summed E-state index contributed by atoms with van der Waals surface area (Å²) in [5.74, 6) is -3.17. The zero-order chi connectivity index (χ0) is 21.9. The molecule has 168 valence electrons. The average molecular weight is 415 g/mol. The Morgan fingerprint density at radius 2 is 1.34 bits per heavy atom. The second-order valence-electron chi connectivity index (χ2n) is 8.53. The lowest BCUT2D eigenvalue weighted by Gasteiger charge is -2.38. The maximum atomic E-state index is 13.5. The quantitative estimate of drug-likeness (QED) is 0.254. The molecule has 0 saturated heterocycles. The minimum Gasteiger partial charge on any atom is -0.343 e. The molecule has 3 nitrogen and oxygen atoms in total. The van der Waals surface area contributed by atoms with Gasteiger partial charge in [0.15, 0.2) is 0 Å². The van der Waals surface area contributed by atoms with Gasteiger partial charge in [-0.3, -0.25) is 0 Å². The summed E-state index contributed by atoms with van der Waals surface area (Å²) >= 11 is 0. The van der Waals surface area contributed by atoms with Gasteiger partial charge in [0.05, 0.1) is 12.2 Å². The molecule has 1 rings (SSSR count). The van der Waals surface area contributed by atoms with Crippen LogP contribution in [0.1, 0.15) is 91.5 Å². The van der Waals surface area contributed by atoms with Crippen LogP contribution in [0.3, 0.4) is 0 Å². The Kier molecular flexibility index (Phi) is 11.9. The first-order valence-electron chi connectivity index (χ1n) is 11.2. The zero-order valence-corrected chi connectivity index (χ0v) is 18.8. The number of benzene rings is 1. The van der Waals surface area contributed by atoms with Crippen molar-refractivity contribution in [2.45, 2.75) is 111 Å². The van der Waals surface area contributed by atoms with Crippen molar-refractivity contribution in [1.82, 2.24) is 0 Å². The summed E-state index contributed by atoms with van der Waals surface area (Å²) in [5.41, 5.74) is 0.576. The summed E-state index contributed by atoms with van der Waals surface area (Å²) in [5, 5.41) is 11.2. The Labute approximate surface area is 175 Å². The van der Waals surface area contributed by atoms with Crippen LogP contribution in [-0.2, 0) is 15.9 Å². The van der Waals surface area contributed by atoms with Crippen LogP contribution < -0.4 is 0 Å². The fourth-order valence-electron chi connectivity index (χ4n) is 3.67. The molecular weight excluding hydrogens is 374 g/mol. The maximum Gasteiger partial charge on any atom is 0.283 e. The molecule has 1 N–H and O–H groups in total. The first-order chi connectivity index (χ1) is 13.7. The Bertz CT molecular complexity index is 545. The molecule has 0 bridgehead atoms. The fraction of sp³-hybridized carbons (Fsp3) is 0.750. The van der Waals surface area contributed by atoms with E-state index >= 15 is 0 Å². The molecule has 0 aliphatic carbocycles. The van der Waals surface area contributed by atoms with E-state index in [9.17, 15) is 13.9 Å². The van der Waals surface area contributed by atoms with Gasteiger partial charge in [-0.15, -0.1) is 0 Å². The summed E-state index contributed by atoms with van der Waals surface area (Å²) in [4.78, 5) is 0. The van der Waals surface area contributed by atoms with Crippen molar-refractivity contribution in [2.24, 2.45) is 5.92 Å². The Morgan fingerprint density at radius 3 is 1.86 bits per heavy atom. The van der Waals surface area contributed by atoms with Crippen LogP contribution in [0.2, 0.25) is 0 Å². The standard InChI is InChI=1S/C24H40F2O3/c1-6-7-8-9-10-11-12-21(24(27,28-18(2)3)29-19(4)5)14-13-20-15-22(25)17-23(26)16-20/h15-19,21,27H,6-14H2,1-5H3. The van der Waals surface area contributed by atoms with E-state index in [0.29, 0.717) is 18.4 Å². The molecule has 1 aromatic rings. The lowest BCUT2D eigenvalue weighted by atomic mass is 9.91. The van der Waals surface area contributed by atoms with Crippen LogP contribution >= 0.6 is 0 Å². The van der Waals surface area contributed by atoms with Crippen LogP contribution in [0.4, 0.5) is 8.78 Å². The maximum absolute atomic E-state index is 13.5. The molecule has 29 heavy (non-hydrogen) atoms. The largest absolute Gasteiger partial charge is 0.343 e. The van der Waals surface area contributed by atoms with Crippen molar-refractivity contribution >= 4 is 0 Å². The van der Waals surface area contributed by atoms with Crippen LogP contribution in [0, 0.1) is 17.6 Å². The van der Waals surface area contributed by atoms with Crippen LogP contribution in [0.5, 0.6) is 0 Å². The number of ether oxygens (including phenoxy) is 2. The average Bonchev–Trinajstić information content (AvgIpc) is 2.57. The minimum absolute atomic E-state index is 0.211. The highest BCUT2D eigenvalue weighted by molar-refractivity contribution is 5.18. The van der Waals surface area contributed by atoms with Gasteiger partial charge < -0.3 is 14.6 Å². The van der Waals surface area contributed by atoms with Crippen molar-refractivity contribution in [3.05, 3.63) is 35.4 Å². The summed E-state index contributed by atoms with van der Waals surface area (Å²) in [6.45, 7) is 9.63. The highest BCUT2D eigenvalue weighted by Gasteiger charge is 2.40. The zero-order valence-electron chi connectivity index (χ0n) is 18.8. The molecule has 5 heteroatoms. The molecule has 1 aromatic carbocycles. The van der Waals surface area contributed by atoms with Gasteiger partial charge in [0.2, 0.25) is 0 Å². The Hall–Kier alpha value is -1.04. The number of unbranched alkanes of at least 4 members (excludes halogenated alkanes) is 5. The molecule has 0 spiro atoms. The monoisotopic (exact) mass is 414 g/mol.